The van der Waals surface area contributed by atoms with E-state index in [-0.39, 0.29) is 73.3 Å². The molecule has 0 radical (unpaired) electrons. The summed E-state index contributed by atoms with van der Waals surface area (Å²) in [5, 5.41) is 0. The van der Waals surface area contributed by atoms with E-state index in [1.165, 1.54) is 19.3 Å². The first-order valence-corrected chi connectivity index (χ1v) is 6.29. The molecular weight excluding hydrogens is 251 g/mol. The van der Waals surface area contributed by atoms with Gasteiger partial charge in [-0.2, -0.15) is 0 Å². The van der Waals surface area contributed by atoms with Gasteiger partial charge in [0.2, 0.25) is 0 Å². The van der Waals surface area contributed by atoms with Crippen molar-refractivity contribution in [2.24, 2.45) is 0 Å². The second-order valence-corrected chi connectivity index (χ2v) is 4.33. The van der Waals surface area contributed by atoms with Crippen molar-refractivity contribution in [2.75, 3.05) is 6.61 Å². The van der Waals surface area contributed by atoms with E-state index in [0.717, 1.165) is 19.3 Å². The Morgan fingerprint density at radius 2 is 1.50 bits per heavy atom. The fourth-order valence-corrected chi connectivity index (χ4v) is 1.43. The summed E-state index contributed by atoms with van der Waals surface area (Å²) >= 11 is 0. The van der Waals surface area contributed by atoms with Crippen molar-refractivity contribution < 1.29 is 79.4 Å². The maximum Gasteiger partial charge on any atom is 1.00 e. The topological polar surface area (TPSA) is 100 Å². The molecule has 0 aliphatic carbocycles. The van der Waals surface area contributed by atoms with Gasteiger partial charge < -0.3 is 17.4 Å². The monoisotopic (exact) mass is 273 g/mol. The van der Waals surface area contributed by atoms with Gasteiger partial charge in [0.15, 0.2) is 0 Å². The summed E-state index contributed by atoms with van der Waals surface area (Å²) in [6.45, 7) is 2.31. The summed E-state index contributed by atoms with van der Waals surface area (Å²) in [6, 6.07) is 0. The van der Waals surface area contributed by atoms with E-state index in [4.69, 9.17) is 9.79 Å². The van der Waals surface area contributed by atoms with Crippen LogP contribution in [0.3, 0.4) is 0 Å². The fourth-order valence-electron chi connectivity index (χ4n) is 1.07. The van der Waals surface area contributed by atoms with E-state index in [1.807, 2.05) is 0 Å². The average molecular weight is 273 g/mol. The first-order chi connectivity index (χ1) is 6.06. The van der Waals surface area contributed by atoms with E-state index in [9.17, 15) is 4.57 Å². The molecule has 0 aromatic heterocycles. The Morgan fingerprint density at radius 1 is 1.06 bits per heavy atom. The Kier molecular flexibility index (Phi) is 28.4. The van der Waals surface area contributed by atoms with Gasteiger partial charge in [-0.25, -0.2) is 4.57 Å². The van der Waals surface area contributed by atoms with Crippen LogP contribution in [0.2, 0.25) is 0 Å². The molecule has 90 valence electrons. The van der Waals surface area contributed by atoms with Crippen molar-refractivity contribution in [1.82, 2.24) is 0 Å². The SMILES string of the molecule is CCCCCCCCOP(=O)(O)O.[H-].[NH2-].[Na+].[Na+]. The number of hydrogen-bond acceptors (Lipinski definition) is 2. The maximum atomic E-state index is 10.2. The molecule has 0 bridgehead atoms. The molecule has 0 heterocycles. The molecule has 0 aromatic carbocycles. The van der Waals surface area contributed by atoms with Crippen molar-refractivity contribution in [3.8, 4) is 0 Å². The molecule has 0 aromatic rings. The zero-order valence-corrected chi connectivity index (χ0v) is 15.6. The molecule has 8 heteroatoms. The predicted octanol–water partition coefficient (Wildman–Crippen LogP) is -2.71. The first-order valence-electron chi connectivity index (χ1n) is 4.76. The third-order valence-electron chi connectivity index (χ3n) is 1.76. The van der Waals surface area contributed by atoms with E-state index in [2.05, 4.69) is 11.4 Å². The quantitative estimate of drug-likeness (QED) is 0.285. The second kappa shape index (κ2) is 17.1. The van der Waals surface area contributed by atoms with Crippen LogP contribution in [0.25, 0.3) is 6.15 Å². The molecule has 16 heavy (non-hydrogen) atoms. The van der Waals surface area contributed by atoms with Gasteiger partial charge in [-0.1, -0.05) is 39.0 Å². The molecule has 4 N–H and O–H groups in total. The van der Waals surface area contributed by atoms with Gasteiger partial charge in [0.1, 0.15) is 0 Å². The Morgan fingerprint density at radius 3 is 1.94 bits per heavy atom. The van der Waals surface area contributed by atoms with Gasteiger partial charge in [-0.3, -0.25) is 4.52 Å². The van der Waals surface area contributed by atoms with E-state index in [1.54, 1.807) is 0 Å². The molecule has 0 aliphatic heterocycles. The van der Waals surface area contributed by atoms with Crippen LogP contribution in [0.4, 0.5) is 0 Å². The number of phosphoric acid groups is 1. The van der Waals surface area contributed by atoms with E-state index >= 15 is 0 Å². The molecule has 0 atom stereocenters. The van der Waals surface area contributed by atoms with Gasteiger partial charge >= 0.3 is 66.9 Å². The Labute approximate surface area is 144 Å². The Bertz CT molecular complexity index is 174. The summed E-state index contributed by atoms with van der Waals surface area (Å²) in [5.41, 5.74) is 0. The van der Waals surface area contributed by atoms with Crippen LogP contribution in [0.15, 0.2) is 0 Å². The normalized spacial score (nSPS) is 9.69. The zero-order chi connectivity index (χ0) is 10.2. The number of phosphoric ester groups is 1. The minimum atomic E-state index is -4.23. The molecule has 0 amide bonds. The minimum absolute atomic E-state index is 0. The van der Waals surface area contributed by atoms with Crippen molar-refractivity contribution in [2.45, 2.75) is 45.4 Å². The zero-order valence-electron chi connectivity index (χ0n) is 11.7. The number of hydrogen-bond donors (Lipinski definition) is 2. The smallest absolute Gasteiger partial charge is 1.00 e. The number of rotatable bonds is 8. The Balaban J connectivity index is -0.000000120. The predicted molar refractivity (Wildman–Crippen MR) is 57.8 cm³/mol. The maximum absolute atomic E-state index is 10.2. The molecule has 0 saturated carbocycles. The molecule has 0 saturated heterocycles. The van der Waals surface area contributed by atoms with Gasteiger partial charge in [0.25, 0.3) is 0 Å². The first kappa shape index (κ1) is 26.6. The third kappa shape index (κ3) is 25.1. The standard InChI is InChI=1S/C8H19O4P.H2N.2Na.H/c1-2-3-4-5-6-7-8-12-13(9,10)11;;;;/h2-8H2,1H3,(H2,9,10,11);1H2;;;/q;-1;2*+1;-1. The van der Waals surface area contributed by atoms with Crippen LogP contribution in [0, 0.1) is 0 Å². The van der Waals surface area contributed by atoms with E-state index in [0.29, 0.717) is 0 Å². The molecule has 0 rings (SSSR count). The summed E-state index contributed by atoms with van der Waals surface area (Å²) in [7, 11) is -4.23. The van der Waals surface area contributed by atoms with Crippen LogP contribution in [0.1, 0.15) is 46.9 Å². The van der Waals surface area contributed by atoms with Crippen molar-refractivity contribution in [3.63, 3.8) is 0 Å². The summed E-state index contributed by atoms with van der Waals surface area (Å²) in [4.78, 5) is 16.7. The molecule has 5 nitrogen and oxygen atoms in total. The van der Waals surface area contributed by atoms with Crippen molar-refractivity contribution in [1.29, 1.82) is 0 Å². The van der Waals surface area contributed by atoms with Gasteiger partial charge in [0, 0.05) is 0 Å². The summed E-state index contributed by atoms with van der Waals surface area (Å²) in [6.07, 6.45) is 6.48. The Hall–Kier alpha value is 2.07. The number of unbranched alkanes of at least 4 members (excludes halogenated alkanes) is 5. The minimum Gasteiger partial charge on any atom is -1.00 e. The van der Waals surface area contributed by atoms with Crippen LogP contribution in [-0.2, 0) is 9.09 Å². The molecule has 0 unspecified atom stereocenters. The number of nitrogens with two attached hydrogens (primary N) is 1. The fraction of sp³-hybridized carbons (Fsp3) is 1.00. The van der Waals surface area contributed by atoms with Gasteiger partial charge in [-0.05, 0) is 6.42 Å². The third-order valence-corrected chi connectivity index (χ3v) is 2.28. The molecule has 0 fully saturated rings. The summed E-state index contributed by atoms with van der Waals surface area (Å²) in [5.74, 6) is 0. The van der Waals surface area contributed by atoms with Gasteiger partial charge in [0.05, 0.1) is 6.61 Å². The molecular formula is C8H22NNa2O4P. The van der Waals surface area contributed by atoms with Crippen molar-refractivity contribution >= 4 is 7.82 Å². The molecule has 0 aliphatic rings. The molecule has 0 spiro atoms. The second-order valence-electron chi connectivity index (χ2n) is 3.09. The van der Waals surface area contributed by atoms with Crippen LogP contribution >= 0.6 is 7.82 Å². The van der Waals surface area contributed by atoms with Crippen LogP contribution < -0.4 is 59.1 Å². The van der Waals surface area contributed by atoms with Crippen LogP contribution in [0.5, 0.6) is 0 Å². The average Bonchev–Trinajstić information content (AvgIpc) is 2.01. The van der Waals surface area contributed by atoms with Gasteiger partial charge in [-0.15, -0.1) is 0 Å². The largest absolute Gasteiger partial charge is 1.00 e. The summed E-state index contributed by atoms with van der Waals surface area (Å²) < 4.78 is 14.5. The van der Waals surface area contributed by atoms with Crippen molar-refractivity contribution in [3.05, 3.63) is 6.15 Å². The van der Waals surface area contributed by atoms with E-state index < -0.39 is 7.82 Å². The van der Waals surface area contributed by atoms with Crippen LogP contribution in [-0.4, -0.2) is 16.4 Å².